The summed E-state index contributed by atoms with van der Waals surface area (Å²) >= 11 is 0. The van der Waals surface area contributed by atoms with Gasteiger partial charge in [-0.15, -0.1) is 0 Å². The maximum Gasteiger partial charge on any atom is 0.161 e. The van der Waals surface area contributed by atoms with Crippen molar-refractivity contribution >= 4 is 11.4 Å². The zero-order valence-corrected chi connectivity index (χ0v) is 10.4. The van der Waals surface area contributed by atoms with Crippen LogP contribution in [0.15, 0.2) is 30.3 Å². The zero-order chi connectivity index (χ0) is 14.7. The first-order valence-corrected chi connectivity index (χ1v) is 5.55. The van der Waals surface area contributed by atoms with E-state index in [1.807, 2.05) is 6.07 Å². The van der Waals surface area contributed by atoms with E-state index in [1.54, 1.807) is 6.07 Å². The average molecular weight is 278 g/mol. The number of nitriles is 1. The predicted molar refractivity (Wildman–Crippen MR) is 67.3 cm³/mol. The minimum absolute atomic E-state index is 0.218. The van der Waals surface area contributed by atoms with Gasteiger partial charge in [-0.05, 0) is 12.1 Å². The summed E-state index contributed by atoms with van der Waals surface area (Å²) in [5.74, 6) is -2.99. The molecule has 1 N–H and O–H groups in total. The molecule has 0 heterocycles. The van der Waals surface area contributed by atoms with E-state index in [0.717, 1.165) is 0 Å². The summed E-state index contributed by atoms with van der Waals surface area (Å²) in [5.41, 5.74) is 0.181. The van der Waals surface area contributed by atoms with Gasteiger partial charge in [0.05, 0.1) is 24.0 Å². The van der Waals surface area contributed by atoms with Gasteiger partial charge in [0.1, 0.15) is 17.6 Å². The third kappa shape index (κ3) is 2.67. The number of nitrogens with zero attached hydrogens (tertiary/aromatic N) is 1. The smallest absolute Gasteiger partial charge is 0.161 e. The first-order valence-electron chi connectivity index (χ1n) is 5.55. The van der Waals surface area contributed by atoms with Crippen molar-refractivity contribution in [3.63, 3.8) is 0 Å². The van der Waals surface area contributed by atoms with Crippen LogP contribution in [0.4, 0.5) is 24.5 Å². The molecule has 0 amide bonds. The normalized spacial score (nSPS) is 9.95. The minimum Gasteiger partial charge on any atom is -0.497 e. The molecule has 2 aromatic rings. The van der Waals surface area contributed by atoms with Crippen LogP contribution in [0, 0.1) is 28.8 Å². The van der Waals surface area contributed by atoms with Gasteiger partial charge in [0, 0.05) is 18.2 Å². The Morgan fingerprint density at radius 3 is 2.35 bits per heavy atom. The van der Waals surface area contributed by atoms with Gasteiger partial charge in [-0.2, -0.15) is 5.26 Å². The Bertz CT molecular complexity index is 696. The molecule has 3 nitrogen and oxygen atoms in total. The number of rotatable bonds is 3. The van der Waals surface area contributed by atoms with E-state index in [9.17, 15) is 13.2 Å². The third-order valence-corrected chi connectivity index (χ3v) is 2.63. The fourth-order valence-electron chi connectivity index (χ4n) is 1.61. The molecule has 0 saturated heterocycles. The van der Waals surface area contributed by atoms with Crippen molar-refractivity contribution in [2.45, 2.75) is 0 Å². The number of hydrogen-bond acceptors (Lipinski definition) is 3. The van der Waals surface area contributed by atoms with Crippen molar-refractivity contribution in [3.05, 3.63) is 53.3 Å². The summed E-state index contributed by atoms with van der Waals surface area (Å²) in [4.78, 5) is 0. The monoisotopic (exact) mass is 278 g/mol. The molecule has 20 heavy (non-hydrogen) atoms. The Hall–Kier alpha value is -2.68. The molecule has 102 valence electrons. The van der Waals surface area contributed by atoms with E-state index in [4.69, 9.17) is 10.00 Å². The van der Waals surface area contributed by atoms with Crippen molar-refractivity contribution in [1.29, 1.82) is 5.26 Å². The summed E-state index contributed by atoms with van der Waals surface area (Å²) in [6.45, 7) is 0. The number of anilines is 2. The summed E-state index contributed by atoms with van der Waals surface area (Å²) in [5, 5.41) is 11.5. The van der Waals surface area contributed by atoms with E-state index in [1.165, 1.54) is 19.2 Å². The highest BCUT2D eigenvalue weighted by Gasteiger charge is 2.12. The van der Waals surface area contributed by atoms with Crippen molar-refractivity contribution in [2.24, 2.45) is 0 Å². The summed E-state index contributed by atoms with van der Waals surface area (Å²) in [6.07, 6.45) is 0. The van der Waals surface area contributed by atoms with Gasteiger partial charge < -0.3 is 10.1 Å². The van der Waals surface area contributed by atoms with Crippen molar-refractivity contribution in [1.82, 2.24) is 0 Å². The molecule has 0 aliphatic rings. The molecule has 0 aliphatic carbocycles. The maximum atomic E-state index is 13.6. The Labute approximate surface area is 113 Å². The molecule has 0 atom stereocenters. The number of nitrogens with one attached hydrogen (secondary N) is 1. The maximum absolute atomic E-state index is 13.6. The summed E-state index contributed by atoms with van der Waals surface area (Å²) < 4.78 is 44.5. The molecule has 0 unspecified atom stereocenters. The van der Waals surface area contributed by atoms with E-state index < -0.39 is 17.5 Å². The SMILES string of the molecule is COc1ccc(C#N)c(Nc2cc(F)c(F)cc2F)c1. The lowest BCUT2D eigenvalue weighted by molar-refractivity contribution is 0.415. The fraction of sp³-hybridized carbons (Fsp3) is 0.0714. The molecule has 2 rings (SSSR count). The molecule has 0 spiro atoms. The Kier molecular flexibility index (Phi) is 3.80. The van der Waals surface area contributed by atoms with Crippen LogP contribution in [-0.4, -0.2) is 7.11 Å². The van der Waals surface area contributed by atoms with Gasteiger partial charge in [-0.3, -0.25) is 0 Å². The molecule has 0 saturated carbocycles. The second kappa shape index (κ2) is 5.53. The zero-order valence-electron chi connectivity index (χ0n) is 10.4. The molecule has 0 aromatic heterocycles. The van der Waals surface area contributed by atoms with Crippen LogP contribution in [0.25, 0.3) is 0 Å². The second-order valence-corrected chi connectivity index (χ2v) is 3.89. The van der Waals surface area contributed by atoms with E-state index in [0.29, 0.717) is 17.9 Å². The fourth-order valence-corrected chi connectivity index (χ4v) is 1.61. The number of ether oxygens (including phenoxy) is 1. The molecule has 0 bridgehead atoms. The third-order valence-electron chi connectivity index (χ3n) is 2.63. The second-order valence-electron chi connectivity index (χ2n) is 3.89. The van der Waals surface area contributed by atoms with Crippen molar-refractivity contribution in [3.8, 4) is 11.8 Å². The van der Waals surface area contributed by atoms with Crippen LogP contribution in [0.1, 0.15) is 5.56 Å². The quantitative estimate of drug-likeness (QED) is 0.870. The van der Waals surface area contributed by atoms with Crippen LogP contribution in [0.5, 0.6) is 5.75 Å². The average Bonchev–Trinajstić information content (AvgIpc) is 2.44. The number of hydrogen-bond donors (Lipinski definition) is 1. The summed E-state index contributed by atoms with van der Waals surface area (Å²) in [6, 6.07) is 7.51. The topological polar surface area (TPSA) is 45.0 Å². The molecule has 0 aliphatic heterocycles. The van der Waals surface area contributed by atoms with Gasteiger partial charge in [0.2, 0.25) is 0 Å². The Morgan fingerprint density at radius 1 is 1.00 bits per heavy atom. The standard InChI is InChI=1S/C14H9F3N2O/c1-20-9-3-2-8(7-18)13(4-9)19-14-6-11(16)10(15)5-12(14)17/h2-6,19H,1H3. The number of halogens is 3. The van der Waals surface area contributed by atoms with Crippen LogP contribution in [0.3, 0.4) is 0 Å². The van der Waals surface area contributed by atoms with E-state index in [-0.39, 0.29) is 16.9 Å². The van der Waals surface area contributed by atoms with Gasteiger partial charge in [-0.25, -0.2) is 13.2 Å². The molecule has 0 radical (unpaired) electrons. The number of benzene rings is 2. The van der Waals surface area contributed by atoms with Crippen LogP contribution in [-0.2, 0) is 0 Å². The van der Waals surface area contributed by atoms with Gasteiger partial charge in [0.25, 0.3) is 0 Å². The van der Waals surface area contributed by atoms with E-state index in [2.05, 4.69) is 5.32 Å². The van der Waals surface area contributed by atoms with Crippen LogP contribution >= 0.6 is 0 Å². The molecular formula is C14H9F3N2O. The lowest BCUT2D eigenvalue weighted by Crippen LogP contribution is -1.99. The first kappa shape index (κ1) is 13.7. The van der Waals surface area contributed by atoms with Gasteiger partial charge in [0.15, 0.2) is 11.6 Å². The largest absolute Gasteiger partial charge is 0.497 e. The summed E-state index contributed by atoms with van der Waals surface area (Å²) in [7, 11) is 1.43. The highest BCUT2D eigenvalue weighted by atomic mass is 19.2. The van der Waals surface area contributed by atoms with Crippen molar-refractivity contribution < 1.29 is 17.9 Å². The Balaban J connectivity index is 2.44. The molecule has 6 heteroatoms. The van der Waals surface area contributed by atoms with Crippen LogP contribution in [0.2, 0.25) is 0 Å². The highest BCUT2D eigenvalue weighted by Crippen LogP contribution is 2.27. The molecule has 0 fully saturated rings. The number of methoxy groups -OCH3 is 1. The molecule has 2 aromatic carbocycles. The van der Waals surface area contributed by atoms with Gasteiger partial charge in [-0.1, -0.05) is 0 Å². The predicted octanol–water partition coefficient (Wildman–Crippen LogP) is 3.73. The first-order chi connectivity index (χ1) is 9.55. The Morgan fingerprint density at radius 2 is 1.70 bits per heavy atom. The molecular weight excluding hydrogens is 269 g/mol. The van der Waals surface area contributed by atoms with Crippen molar-refractivity contribution in [2.75, 3.05) is 12.4 Å². The minimum atomic E-state index is -1.28. The van der Waals surface area contributed by atoms with Gasteiger partial charge >= 0.3 is 0 Å². The van der Waals surface area contributed by atoms with Crippen LogP contribution < -0.4 is 10.1 Å². The highest BCUT2D eigenvalue weighted by molar-refractivity contribution is 5.68. The lowest BCUT2D eigenvalue weighted by Gasteiger charge is -2.11. The lowest BCUT2D eigenvalue weighted by atomic mass is 10.1. The van der Waals surface area contributed by atoms with E-state index >= 15 is 0 Å².